The van der Waals surface area contributed by atoms with Crippen LogP contribution in [-0.2, 0) is 11.2 Å². The van der Waals surface area contributed by atoms with Crippen LogP contribution in [0.2, 0.25) is 0 Å². The van der Waals surface area contributed by atoms with Gasteiger partial charge in [0.05, 0.1) is 12.8 Å². The van der Waals surface area contributed by atoms with Crippen LogP contribution in [0.25, 0.3) is 11.0 Å². The highest BCUT2D eigenvalue weighted by molar-refractivity contribution is 5.94. The van der Waals surface area contributed by atoms with Gasteiger partial charge in [-0.3, -0.25) is 9.80 Å². The van der Waals surface area contributed by atoms with E-state index in [0.29, 0.717) is 12.5 Å². The average molecular weight is 326 g/mol. The van der Waals surface area contributed by atoms with Crippen molar-refractivity contribution in [2.24, 2.45) is 5.92 Å². The van der Waals surface area contributed by atoms with Gasteiger partial charge in [0.25, 0.3) is 0 Å². The minimum Gasteiger partial charge on any atom is -0.464 e. The normalized spacial score (nSPS) is 32.0. The Kier molecular flexibility index (Phi) is 2.98. The van der Waals surface area contributed by atoms with Crippen LogP contribution in [0.1, 0.15) is 25.3 Å². The largest absolute Gasteiger partial charge is 0.464 e. The number of furan rings is 1. The maximum atomic E-state index is 12.6. The number of hydrogen-bond donors (Lipinski definition) is 0. The SMILES string of the molecule is CCc1coc2ccc(N3C[C@@]4(CN5CCC4CC5)OC3=O)cc12. The second-order valence-corrected chi connectivity index (χ2v) is 7.36. The minimum absolute atomic E-state index is 0.204. The number of nitrogens with zero attached hydrogens (tertiary/aromatic N) is 2. The van der Waals surface area contributed by atoms with Crippen molar-refractivity contribution in [2.45, 2.75) is 31.8 Å². The molecule has 0 N–H and O–H groups in total. The molecule has 5 heteroatoms. The fourth-order valence-electron chi connectivity index (χ4n) is 4.72. The van der Waals surface area contributed by atoms with Crippen LogP contribution in [-0.4, -0.2) is 42.8 Å². The molecule has 24 heavy (non-hydrogen) atoms. The molecule has 1 aromatic heterocycles. The standard InChI is InChI=1S/C19H22N2O3/c1-2-13-10-23-17-4-3-15(9-16(13)17)21-12-19(24-18(21)22)11-20-7-5-14(19)6-8-20/h3-4,9-10,14H,2,5-8,11-12H2,1H3/t19-/m1/s1. The zero-order chi connectivity index (χ0) is 16.3. The summed E-state index contributed by atoms with van der Waals surface area (Å²) in [6.07, 6.45) is 4.81. The highest BCUT2D eigenvalue weighted by Crippen LogP contribution is 2.43. The van der Waals surface area contributed by atoms with E-state index in [9.17, 15) is 4.79 Å². The molecule has 0 aliphatic carbocycles. The van der Waals surface area contributed by atoms with Crippen molar-refractivity contribution < 1.29 is 13.9 Å². The number of fused-ring (bicyclic) bond motifs is 3. The molecule has 1 spiro atoms. The quantitative estimate of drug-likeness (QED) is 0.848. The van der Waals surface area contributed by atoms with Gasteiger partial charge in [-0.1, -0.05) is 6.92 Å². The Labute approximate surface area is 141 Å². The van der Waals surface area contributed by atoms with E-state index in [1.807, 2.05) is 23.3 Å². The second-order valence-electron chi connectivity index (χ2n) is 7.36. The Morgan fingerprint density at radius 2 is 2.08 bits per heavy atom. The lowest BCUT2D eigenvalue weighted by Gasteiger charge is -2.49. The first-order chi connectivity index (χ1) is 11.7. The van der Waals surface area contributed by atoms with Gasteiger partial charge in [-0.15, -0.1) is 0 Å². The molecular formula is C19H22N2O3. The zero-order valence-electron chi connectivity index (χ0n) is 14.0. The molecule has 2 bridgehead atoms. The number of benzene rings is 1. The summed E-state index contributed by atoms with van der Waals surface area (Å²) in [5.74, 6) is 0.500. The van der Waals surface area contributed by atoms with Crippen LogP contribution in [0.5, 0.6) is 0 Å². The van der Waals surface area contributed by atoms with Gasteiger partial charge in [0, 0.05) is 23.5 Å². The van der Waals surface area contributed by atoms with Gasteiger partial charge in [0.1, 0.15) is 11.2 Å². The van der Waals surface area contributed by atoms with Gasteiger partial charge in [0.15, 0.2) is 0 Å². The van der Waals surface area contributed by atoms with Crippen molar-refractivity contribution in [3.63, 3.8) is 0 Å². The van der Waals surface area contributed by atoms with E-state index in [1.54, 1.807) is 0 Å². The summed E-state index contributed by atoms with van der Waals surface area (Å²) in [6, 6.07) is 5.99. The highest BCUT2D eigenvalue weighted by Gasteiger charge is 2.55. The summed E-state index contributed by atoms with van der Waals surface area (Å²) in [7, 11) is 0. The number of aryl methyl sites for hydroxylation is 1. The second kappa shape index (κ2) is 4.99. The Bertz CT molecular complexity index is 806. The molecule has 4 aliphatic rings. The molecule has 5 heterocycles. The molecule has 0 radical (unpaired) electrons. The van der Waals surface area contributed by atoms with E-state index < -0.39 is 0 Å². The number of ether oxygens (including phenoxy) is 1. The van der Waals surface area contributed by atoms with Gasteiger partial charge < -0.3 is 9.15 Å². The molecule has 4 fully saturated rings. The predicted molar refractivity (Wildman–Crippen MR) is 91.3 cm³/mol. The first kappa shape index (κ1) is 14.3. The fourth-order valence-corrected chi connectivity index (χ4v) is 4.72. The van der Waals surface area contributed by atoms with Gasteiger partial charge in [-0.25, -0.2) is 4.79 Å². The smallest absolute Gasteiger partial charge is 0.415 e. The van der Waals surface area contributed by atoms with Gasteiger partial charge >= 0.3 is 6.09 Å². The van der Waals surface area contributed by atoms with Gasteiger partial charge in [0.2, 0.25) is 0 Å². The lowest BCUT2D eigenvalue weighted by molar-refractivity contribution is -0.0881. The van der Waals surface area contributed by atoms with Crippen LogP contribution < -0.4 is 4.90 Å². The van der Waals surface area contributed by atoms with Crippen molar-refractivity contribution in [1.82, 2.24) is 4.90 Å². The number of anilines is 1. The maximum absolute atomic E-state index is 12.6. The molecular weight excluding hydrogens is 304 g/mol. The van der Waals surface area contributed by atoms with Crippen molar-refractivity contribution in [3.8, 4) is 0 Å². The highest BCUT2D eigenvalue weighted by atomic mass is 16.6. The van der Waals surface area contributed by atoms with E-state index >= 15 is 0 Å². The van der Waals surface area contributed by atoms with Crippen molar-refractivity contribution in [3.05, 3.63) is 30.0 Å². The number of amides is 1. The van der Waals surface area contributed by atoms with Gasteiger partial charge in [-0.2, -0.15) is 0 Å². The Hall–Kier alpha value is -2.01. The number of piperidine rings is 3. The number of carbonyl (C=O) groups is 1. The Balaban J connectivity index is 1.50. The van der Waals surface area contributed by atoms with Crippen LogP contribution in [0.4, 0.5) is 10.5 Å². The van der Waals surface area contributed by atoms with E-state index in [-0.39, 0.29) is 11.7 Å². The molecule has 0 saturated carbocycles. The third kappa shape index (κ3) is 1.94. The van der Waals surface area contributed by atoms with Gasteiger partial charge in [-0.05, 0) is 56.1 Å². The number of hydrogen-bond acceptors (Lipinski definition) is 4. The van der Waals surface area contributed by atoms with Crippen LogP contribution in [0.3, 0.4) is 0 Å². The number of carbonyl (C=O) groups excluding carboxylic acids is 1. The summed E-state index contributed by atoms with van der Waals surface area (Å²) < 4.78 is 11.6. The summed E-state index contributed by atoms with van der Waals surface area (Å²) in [6.45, 7) is 5.95. The summed E-state index contributed by atoms with van der Waals surface area (Å²) in [4.78, 5) is 16.9. The zero-order valence-corrected chi connectivity index (χ0v) is 14.0. The molecule has 4 saturated heterocycles. The topological polar surface area (TPSA) is 45.9 Å². The molecule has 0 unspecified atom stereocenters. The molecule has 2 aromatic rings. The van der Waals surface area contributed by atoms with E-state index in [1.165, 1.54) is 5.56 Å². The molecule has 1 aromatic carbocycles. The first-order valence-corrected chi connectivity index (χ1v) is 8.91. The van der Waals surface area contributed by atoms with Crippen LogP contribution >= 0.6 is 0 Å². The van der Waals surface area contributed by atoms with Crippen molar-refractivity contribution >= 4 is 22.7 Å². The third-order valence-electron chi connectivity index (χ3n) is 6.09. The molecule has 5 nitrogen and oxygen atoms in total. The number of rotatable bonds is 2. The van der Waals surface area contributed by atoms with E-state index in [2.05, 4.69) is 17.9 Å². The predicted octanol–water partition coefficient (Wildman–Crippen LogP) is 3.42. The summed E-state index contributed by atoms with van der Waals surface area (Å²) >= 11 is 0. The van der Waals surface area contributed by atoms with E-state index in [0.717, 1.165) is 55.6 Å². The van der Waals surface area contributed by atoms with Crippen molar-refractivity contribution in [1.29, 1.82) is 0 Å². The third-order valence-corrected chi connectivity index (χ3v) is 6.09. The molecule has 1 amide bonds. The van der Waals surface area contributed by atoms with E-state index in [4.69, 9.17) is 9.15 Å². The lowest BCUT2D eigenvalue weighted by Crippen LogP contribution is -2.61. The molecule has 6 rings (SSSR count). The molecule has 1 atom stereocenters. The maximum Gasteiger partial charge on any atom is 0.415 e. The molecule has 4 aliphatic heterocycles. The monoisotopic (exact) mass is 326 g/mol. The molecule has 126 valence electrons. The van der Waals surface area contributed by atoms with Crippen molar-refractivity contribution in [2.75, 3.05) is 31.1 Å². The minimum atomic E-state index is -0.313. The Morgan fingerprint density at radius 3 is 2.79 bits per heavy atom. The first-order valence-electron chi connectivity index (χ1n) is 8.91. The lowest BCUT2D eigenvalue weighted by atomic mass is 9.75. The van der Waals surface area contributed by atoms with Crippen LogP contribution in [0.15, 0.2) is 28.9 Å². The fraction of sp³-hybridized carbons (Fsp3) is 0.526. The Morgan fingerprint density at radius 1 is 1.25 bits per heavy atom. The summed E-state index contributed by atoms with van der Waals surface area (Å²) in [5, 5.41) is 1.10. The van der Waals surface area contributed by atoms with Crippen LogP contribution in [0, 0.1) is 5.92 Å². The summed E-state index contributed by atoms with van der Waals surface area (Å²) in [5.41, 5.74) is 2.65. The average Bonchev–Trinajstić information content (AvgIpc) is 3.16.